The summed E-state index contributed by atoms with van der Waals surface area (Å²) in [6.07, 6.45) is 8.21. The van der Waals surface area contributed by atoms with Crippen molar-refractivity contribution in [1.29, 1.82) is 0 Å². The Morgan fingerprint density at radius 3 is 2.08 bits per heavy atom. The summed E-state index contributed by atoms with van der Waals surface area (Å²) in [5.41, 5.74) is -0.0507. The lowest BCUT2D eigenvalue weighted by molar-refractivity contribution is -0.171. The highest BCUT2D eigenvalue weighted by Crippen LogP contribution is 2.68. The molecule has 9 nitrogen and oxygen atoms in total. The zero-order valence-electron chi connectivity index (χ0n) is 23.3. The number of hydrogen-bond acceptors (Lipinski definition) is 7. The summed E-state index contributed by atoms with van der Waals surface area (Å²) in [5.74, 6) is 2.34. The summed E-state index contributed by atoms with van der Waals surface area (Å²) >= 11 is 0. The average Bonchev–Trinajstić information content (AvgIpc) is 3.14. The van der Waals surface area contributed by atoms with Gasteiger partial charge in [0, 0.05) is 0 Å². The minimum Gasteiger partial charge on any atom is -0.390 e. The van der Waals surface area contributed by atoms with E-state index in [0.717, 1.165) is 64.2 Å². The van der Waals surface area contributed by atoms with Crippen molar-refractivity contribution >= 4 is 20.8 Å². The molecule has 38 heavy (non-hydrogen) atoms. The van der Waals surface area contributed by atoms with Gasteiger partial charge in [-0.25, -0.2) is 8.37 Å². The number of aliphatic hydroxyl groups excluding tert-OH is 1. The summed E-state index contributed by atoms with van der Waals surface area (Å²) in [5, 5.41) is 11.1. The van der Waals surface area contributed by atoms with Crippen LogP contribution in [0.15, 0.2) is 0 Å². The molecule has 0 aliphatic heterocycles. The van der Waals surface area contributed by atoms with Gasteiger partial charge in [-0.2, -0.15) is 16.8 Å². The van der Waals surface area contributed by atoms with E-state index >= 15 is 0 Å². The van der Waals surface area contributed by atoms with Crippen LogP contribution < -0.4 is 0 Å². The predicted molar refractivity (Wildman–Crippen MR) is 143 cm³/mol. The molecule has 0 aromatic heterocycles. The van der Waals surface area contributed by atoms with Crippen LogP contribution >= 0.6 is 0 Å². The van der Waals surface area contributed by atoms with Crippen LogP contribution in [0.1, 0.15) is 98.3 Å². The fourth-order valence-corrected chi connectivity index (χ4v) is 10.6. The Morgan fingerprint density at radius 2 is 1.45 bits per heavy atom. The van der Waals surface area contributed by atoms with Crippen LogP contribution in [-0.2, 0) is 29.2 Å². The zero-order chi connectivity index (χ0) is 28.1. The predicted octanol–water partition coefficient (Wildman–Crippen LogP) is 5.07. The quantitative estimate of drug-likeness (QED) is 0.301. The van der Waals surface area contributed by atoms with Crippen LogP contribution in [0.2, 0.25) is 0 Å². The lowest BCUT2D eigenvalue weighted by Gasteiger charge is -2.62. The van der Waals surface area contributed by atoms with Crippen LogP contribution in [0.25, 0.3) is 0 Å². The van der Waals surface area contributed by atoms with Gasteiger partial charge in [-0.1, -0.05) is 40.5 Å². The fourth-order valence-electron chi connectivity index (χ4n) is 9.74. The molecule has 10 atom stereocenters. The largest absolute Gasteiger partial charge is 0.397 e. The maximum atomic E-state index is 11.4. The third kappa shape index (κ3) is 6.29. The van der Waals surface area contributed by atoms with E-state index in [9.17, 15) is 31.0 Å². The number of fused-ring (bicyclic) bond motifs is 5. The molecule has 0 aromatic rings. The Kier molecular flexibility index (Phi) is 9.01. The highest BCUT2D eigenvalue weighted by Gasteiger charge is 2.62. The van der Waals surface area contributed by atoms with E-state index in [2.05, 4.69) is 27.7 Å². The second-order valence-corrected chi connectivity index (χ2v) is 15.8. The number of rotatable bonds is 10. The van der Waals surface area contributed by atoms with E-state index < -0.39 is 33.0 Å². The first kappa shape index (κ1) is 30.7. The van der Waals surface area contributed by atoms with E-state index in [-0.39, 0.29) is 29.3 Å². The van der Waals surface area contributed by atoms with Gasteiger partial charge in [-0.05, 0) is 110 Å². The molecule has 0 radical (unpaired) electrons. The van der Waals surface area contributed by atoms with Gasteiger partial charge in [0.1, 0.15) is 6.10 Å². The van der Waals surface area contributed by atoms with Crippen LogP contribution in [0, 0.1) is 52.3 Å². The molecule has 222 valence electrons. The highest BCUT2D eigenvalue weighted by atomic mass is 32.3. The van der Waals surface area contributed by atoms with E-state index in [1.165, 1.54) is 0 Å². The normalized spacial score (nSPS) is 42.4. The maximum absolute atomic E-state index is 11.4. The summed E-state index contributed by atoms with van der Waals surface area (Å²) in [7, 11) is -9.11. The molecule has 3 N–H and O–H groups in total. The number of aliphatic hydroxyl groups is 1. The van der Waals surface area contributed by atoms with Crippen molar-refractivity contribution < 1.29 is 39.4 Å². The molecule has 4 saturated carbocycles. The first-order chi connectivity index (χ1) is 17.6. The first-order valence-electron chi connectivity index (χ1n) is 14.5. The van der Waals surface area contributed by atoms with E-state index in [1.54, 1.807) is 0 Å². The highest BCUT2D eigenvalue weighted by molar-refractivity contribution is 7.81. The standard InChI is InChI=1S/C27H48O9S2/c1-17(2)6-5-7-18(16-35-37(29,30)31)20-10-11-21-19-8-9-23-25(28)24(36-38(32,33)34)13-15-27(23,4)22(19)12-14-26(20,21)3/h17-25,28H,5-16H2,1-4H3,(H,29,30,31)(H,32,33,34)/t18-,19-,20+,21-,22-,23?,24?,25?,26+,27+/m0/s1. The topological polar surface area (TPSA) is 147 Å². The lowest BCUT2D eigenvalue weighted by atomic mass is 9.44. The minimum absolute atomic E-state index is 0.0269. The van der Waals surface area contributed by atoms with Gasteiger partial charge in [0.05, 0.1) is 12.7 Å². The zero-order valence-corrected chi connectivity index (χ0v) is 24.9. The summed E-state index contributed by atoms with van der Waals surface area (Å²) in [4.78, 5) is 0. The Balaban J connectivity index is 1.51. The molecule has 0 saturated heterocycles. The van der Waals surface area contributed by atoms with E-state index in [0.29, 0.717) is 36.0 Å². The van der Waals surface area contributed by atoms with Gasteiger partial charge in [0.25, 0.3) is 0 Å². The van der Waals surface area contributed by atoms with Crippen LogP contribution in [0.5, 0.6) is 0 Å². The molecule has 4 aliphatic carbocycles. The molecule has 0 amide bonds. The van der Waals surface area contributed by atoms with Gasteiger partial charge >= 0.3 is 20.8 Å². The Labute approximate surface area is 229 Å². The summed E-state index contributed by atoms with van der Waals surface area (Å²) in [6.45, 7) is 9.04. The Bertz CT molecular complexity index is 1040. The first-order valence-corrected chi connectivity index (χ1v) is 17.2. The molecule has 4 aliphatic rings. The average molecular weight is 581 g/mol. The molecule has 0 spiro atoms. The molecule has 3 unspecified atom stereocenters. The van der Waals surface area contributed by atoms with Gasteiger partial charge in [-0.15, -0.1) is 0 Å². The van der Waals surface area contributed by atoms with Crippen molar-refractivity contribution in [3.05, 3.63) is 0 Å². The van der Waals surface area contributed by atoms with Gasteiger partial charge in [0.15, 0.2) is 0 Å². The Hall–Kier alpha value is -0.300. The van der Waals surface area contributed by atoms with E-state index in [4.69, 9.17) is 8.37 Å². The molecule has 4 rings (SSSR count). The van der Waals surface area contributed by atoms with Crippen LogP contribution in [-0.4, -0.2) is 49.9 Å². The van der Waals surface area contributed by atoms with Crippen molar-refractivity contribution in [2.24, 2.45) is 52.3 Å². The maximum Gasteiger partial charge on any atom is 0.397 e. The minimum atomic E-state index is -4.62. The van der Waals surface area contributed by atoms with Crippen LogP contribution in [0.4, 0.5) is 0 Å². The summed E-state index contributed by atoms with van der Waals surface area (Å²) in [6, 6.07) is 0. The van der Waals surface area contributed by atoms with Crippen molar-refractivity contribution in [2.75, 3.05) is 6.61 Å². The SMILES string of the molecule is CC(C)CCC[C@@H](COS(=O)(=O)O)[C@H]1CC[C@H]2[C@@H]3CCC4C(O)C(OS(=O)(=O)O)CC[C@]4(C)[C@H]3CC[C@]12C. The van der Waals surface area contributed by atoms with Gasteiger partial charge in [-0.3, -0.25) is 9.11 Å². The number of hydrogen-bond donors (Lipinski definition) is 3. The monoisotopic (exact) mass is 580 g/mol. The van der Waals surface area contributed by atoms with Gasteiger partial charge < -0.3 is 5.11 Å². The summed E-state index contributed by atoms with van der Waals surface area (Å²) < 4.78 is 73.8. The molecule has 11 heteroatoms. The molecule has 0 aromatic carbocycles. The molecular weight excluding hydrogens is 532 g/mol. The van der Waals surface area contributed by atoms with Crippen LogP contribution in [0.3, 0.4) is 0 Å². The third-order valence-corrected chi connectivity index (χ3v) is 12.3. The lowest BCUT2D eigenvalue weighted by Crippen LogP contribution is -2.59. The van der Waals surface area contributed by atoms with Gasteiger partial charge in [0.2, 0.25) is 0 Å². The molecule has 0 bridgehead atoms. The van der Waals surface area contributed by atoms with Crippen molar-refractivity contribution in [3.8, 4) is 0 Å². The fraction of sp³-hybridized carbons (Fsp3) is 1.00. The van der Waals surface area contributed by atoms with Crippen molar-refractivity contribution in [2.45, 2.75) is 111 Å². The Morgan fingerprint density at radius 1 is 0.816 bits per heavy atom. The molecular formula is C27H48O9S2. The van der Waals surface area contributed by atoms with Crippen molar-refractivity contribution in [1.82, 2.24) is 0 Å². The second kappa shape index (κ2) is 11.2. The molecule has 0 heterocycles. The smallest absolute Gasteiger partial charge is 0.390 e. The van der Waals surface area contributed by atoms with E-state index in [1.807, 2.05) is 0 Å². The molecule has 4 fully saturated rings. The van der Waals surface area contributed by atoms with Crippen molar-refractivity contribution in [3.63, 3.8) is 0 Å². The second-order valence-electron chi connectivity index (χ2n) is 13.7. The third-order valence-electron chi connectivity index (χ3n) is 11.4.